The maximum atomic E-state index is 12.9. The van der Waals surface area contributed by atoms with Crippen molar-refractivity contribution in [2.45, 2.75) is 26.8 Å². The minimum atomic E-state index is -0.270. The summed E-state index contributed by atoms with van der Waals surface area (Å²) in [7, 11) is 1.53. The van der Waals surface area contributed by atoms with Crippen molar-refractivity contribution in [3.8, 4) is 5.75 Å². The number of benzene rings is 2. The number of carbonyl (C=O) groups is 2. The summed E-state index contributed by atoms with van der Waals surface area (Å²) >= 11 is 0. The molecule has 0 N–H and O–H groups in total. The van der Waals surface area contributed by atoms with E-state index in [1.165, 1.54) is 11.9 Å². The molecule has 1 aliphatic rings. The standard InChI is InChI=1S/C23H26N2O3/c1-4-15-28-19-13-11-18(12-14-19)20-21(23(27)24(3)22(20)26)25(5-2)16-17-9-7-6-8-10-17/h6-14H,4-5,15-16H2,1-3H3. The van der Waals surface area contributed by atoms with Crippen LogP contribution in [0.25, 0.3) is 5.57 Å². The molecule has 2 aromatic rings. The number of ether oxygens (including phenoxy) is 1. The molecule has 0 aliphatic carbocycles. The van der Waals surface area contributed by atoms with Crippen LogP contribution in [0.2, 0.25) is 0 Å². The predicted octanol–water partition coefficient (Wildman–Crippen LogP) is 3.71. The van der Waals surface area contributed by atoms with Gasteiger partial charge in [-0.1, -0.05) is 49.4 Å². The molecule has 0 unspecified atom stereocenters. The molecule has 5 heteroatoms. The molecule has 2 aromatic carbocycles. The topological polar surface area (TPSA) is 49.9 Å². The number of imide groups is 1. The number of rotatable bonds is 8. The first-order chi connectivity index (χ1) is 13.6. The third kappa shape index (κ3) is 3.93. The summed E-state index contributed by atoms with van der Waals surface area (Å²) in [4.78, 5) is 28.9. The molecule has 3 rings (SSSR count). The highest BCUT2D eigenvalue weighted by Crippen LogP contribution is 2.32. The number of likely N-dealkylation sites (N-methyl/N-ethyl adjacent to an activating group) is 2. The molecule has 1 heterocycles. The second-order valence-electron chi connectivity index (χ2n) is 6.77. The Morgan fingerprint density at radius 1 is 0.929 bits per heavy atom. The molecule has 1 aliphatic heterocycles. The minimum Gasteiger partial charge on any atom is -0.494 e. The molecule has 0 aromatic heterocycles. The van der Waals surface area contributed by atoms with E-state index < -0.39 is 0 Å². The van der Waals surface area contributed by atoms with Crippen molar-refractivity contribution >= 4 is 17.4 Å². The van der Waals surface area contributed by atoms with E-state index in [0.29, 0.717) is 31.0 Å². The summed E-state index contributed by atoms with van der Waals surface area (Å²) in [6.07, 6.45) is 0.930. The number of amides is 2. The molecule has 0 bridgehead atoms. The van der Waals surface area contributed by atoms with E-state index in [1.807, 2.05) is 66.4 Å². The van der Waals surface area contributed by atoms with Gasteiger partial charge in [0.15, 0.2) is 0 Å². The van der Waals surface area contributed by atoms with Crippen LogP contribution in [0.5, 0.6) is 5.75 Å². The molecule has 0 saturated carbocycles. The van der Waals surface area contributed by atoms with Crippen LogP contribution in [-0.4, -0.2) is 41.8 Å². The van der Waals surface area contributed by atoms with Crippen molar-refractivity contribution in [3.05, 3.63) is 71.4 Å². The van der Waals surface area contributed by atoms with Gasteiger partial charge in [-0.25, -0.2) is 0 Å². The molecule has 0 radical (unpaired) electrons. The van der Waals surface area contributed by atoms with Crippen molar-refractivity contribution < 1.29 is 14.3 Å². The maximum absolute atomic E-state index is 12.9. The highest BCUT2D eigenvalue weighted by molar-refractivity contribution is 6.35. The first-order valence-corrected chi connectivity index (χ1v) is 9.65. The van der Waals surface area contributed by atoms with Gasteiger partial charge < -0.3 is 9.64 Å². The van der Waals surface area contributed by atoms with Crippen molar-refractivity contribution in [2.24, 2.45) is 0 Å². The lowest BCUT2D eigenvalue weighted by Gasteiger charge is -2.24. The summed E-state index contributed by atoms with van der Waals surface area (Å²) in [5, 5.41) is 0. The van der Waals surface area contributed by atoms with Gasteiger partial charge >= 0.3 is 0 Å². The van der Waals surface area contributed by atoms with Crippen LogP contribution in [0.3, 0.4) is 0 Å². The monoisotopic (exact) mass is 378 g/mol. The fourth-order valence-corrected chi connectivity index (χ4v) is 3.27. The third-order valence-corrected chi connectivity index (χ3v) is 4.79. The molecular formula is C23H26N2O3. The van der Waals surface area contributed by atoms with Crippen molar-refractivity contribution in [1.82, 2.24) is 9.80 Å². The van der Waals surface area contributed by atoms with Crippen LogP contribution in [0, 0.1) is 0 Å². The first-order valence-electron chi connectivity index (χ1n) is 9.65. The van der Waals surface area contributed by atoms with Gasteiger partial charge in [0.05, 0.1) is 12.2 Å². The number of carbonyl (C=O) groups excluding carboxylic acids is 2. The van der Waals surface area contributed by atoms with Gasteiger partial charge in [-0.05, 0) is 36.6 Å². The Hall–Kier alpha value is -3.08. The molecule has 0 saturated heterocycles. The van der Waals surface area contributed by atoms with Gasteiger partial charge in [0.1, 0.15) is 11.4 Å². The van der Waals surface area contributed by atoms with Crippen LogP contribution in [0.1, 0.15) is 31.4 Å². The predicted molar refractivity (Wildman–Crippen MR) is 109 cm³/mol. The van der Waals surface area contributed by atoms with Gasteiger partial charge in [-0.2, -0.15) is 0 Å². The average molecular weight is 378 g/mol. The highest BCUT2D eigenvalue weighted by atomic mass is 16.5. The number of hydrogen-bond acceptors (Lipinski definition) is 4. The second kappa shape index (κ2) is 8.74. The Labute approximate surface area is 166 Å². The molecule has 146 valence electrons. The Morgan fingerprint density at radius 2 is 1.61 bits per heavy atom. The summed E-state index contributed by atoms with van der Waals surface area (Å²) in [5.41, 5.74) is 2.73. The number of nitrogens with zero attached hydrogens (tertiary/aromatic N) is 2. The molecule has 0 fully saturated rings. The lowest BCUT2D eigenvalue weighted by atomic mass is 10.0. The van der Waals surface area contributed by atoms with Crippen molar-refractivity contribution in [2.75, 3.05) is 20.2 Å². The van der Waals surface area contributed by atoms with E-state index in [4.69, 9.17) is 4.74 Å². The normalized spacial score (nSPS) is 14.0. The SMILES string of the molecule is CCCOc1ccc(C2=C(N(CC)Cc3ccccc3)C(=O)N(C)C2=O)cc1. The van der Waals surface area contributed by atoms with Gasteiger partial charge in [0, 0.05) is 20.1 Å². The zero-order chi connectivity index (χ0) is 20.1. The Morgan fingerprint density at radius 3 is 2.21 bits per heavy atom. The zero-order valence-corrected chi connectivity index (χ0v) is 16.6. The van der Waals surface area contributed by atoms with E-state index in [2.05, 4.69) is 6.92 Å². The molecule has 0 spiro atoms. The van der Waals surface area contributed by atoms with E-state index in [-0.39, 0.29) is 11.8 Å². The van der Waals surface area contributed by atoms with E-state index in [9.17, 15) is 9.59 Å². The summed E-state index contributed by atoms with van der Waals surface area (Å²) in [5.74, 6) is 0.229. The number of hydrogen-bond donors (Lipinski definition) is 0. The van der Waals surface area contributed by atoms with Crippen LogP contribution in [0.4, 0.5) is 0 Å². The second-order valence-corrected chi connectivity index (χ2v) is 6.77. The molecule has 5 nitrogen and oxygen atoms in total. The lowest BCUT2D eigenvalue weighted by molar-refractivity contribution is -0.135. The molecule has 0 atom stereocenters. The maximum Gasteiger partial charge on any atom is 0.277 e. The fourth-order valence-electron chi connectivity index (χ4n) is 3.27. The molecular weight excluding hydrogens is 352 g/mol. The van der Waals surface area contributed by atoms with Gasteiger partial charge in [0.25, 0.3) is 11.8 Å². The highest BCUT2D eigenvalue weighted by Gasteiger charge is 2.39. The van der Waals surface area contributed by atoms with Crippen molar-refractivity contribution in [3.63, 3.8) is 0 Å². The quantitative estimate of drug-likeness (QED) is 0.657. The third-order valence-electron chi connectivity index (χ3n) is 4.79. The van der Waals surface area contributed by atoms with Crippen LogP contribution in [0.15, 0.2) is 60.3 Å². The van der Waals surface area contributed by atoms with E-state index in [1.54, 1.807) is 0 Å². The summed E-state index contributed by atoms with van der Waals surface area (Å²) in [6.45, 7) is 5.88. The van der Waals surface area contributed by atoms with Crippen LogP contribution >= 0.6 is 0 Å². The van der Waals surface area contributed by atoms with Crippen LogP contribution in [-0.2, 0) is 16.1 Å². The summed E-state index contributed by atoms with van der Waals surface area (Å²) < 4.78 is 5.63. The first kappa shape index (κ1) is 19.7. The minimum absolute atomic E-state index is 0.260. The smallest absolute Gasteiger partial charge is 0.277 e. The van der Waals surface area contributed by atoms with E-state index in [0.717, 1.165) is 23.3 Å². The molecule has 28 heavy (non-hydrogen) atoms. The Balaban J connectivity index is 1.98. The van der Waals surface area contributed by atoms with Gasteiger partial charge in [-0.15, -0.1) is 0 Å². The lowest BCUT2D eigenvalue weighted by Crippen LogP contribution is -2.32. The van der Waals surface area contributed by atoms with Crippen molar-refractivity contribution in [1.29, 1.82) is 0 Å². The van der Waals surface area contributed by atoms with Gasteiger partial charge in [0.2, 0.25) is 0 Å². The Bertz CT molecular complexity index is 872. The largest absolute Gasteiger partial charge is 0.494 e. The Kier molecular flexibility index (Phi) is 6.14. The van der Waals surface area contributed by atoms with Gasteiger partial charge in [-0.3, -0.25) is 14.5 Å². The van der Waals surface area contributed by atoms with Crippen LogP contribution < -0.4 is 4.74 Å². The van der Waals surface area contributed by atoms with E-state index >= 15 is 0 Å². The molecule has 2 amide bonds. The zero-order valence-electron chi connectivity index (χ0n) is 16.6. The summed E-state index contributed by atoms with van der Waals surface area (Å²) in [6, 6.07) is 17.3. The fraction of sp³-hybridized carbons (Fsp3) is 0.304. The average Bonchev–Trinajstić information content (AvgIpc) is 2.95.